The van der Waals surface area contributed by atoms with E-state index in [1.165, 1.54) is 0 Å². The molecular formula is C16H20N2O3S. The van der Waals surface area contributed by atoms with Gasteiger partial charge in [-0.25, -0.2) is 4.98 Å². The maximum absolute atomic E-state index is 9.72. The summed E-state index contributed by atoms with van der Waals surface area (Å²) in [4.78, 5) is 4.50. The van der Waals surface area contributed by atoms with Gasteiger partial charge < -0.3 is 19.1 Å². The molecule has 0 aliphatic carbocycles. The number of hydrogen-bond acceptors (Lipinski definition) is 5. The molecule has 1 aromatic carbocycles. The van der Waals surface area contributed by atoms with Gasteiger partial charge in [-0.15, -0.1) is 0 Å². The number of thioether (sulfide) groups is 1. The van der Waals surface area contributed by atoms with Crippen LogP contribution in [-0.2, 0) is 0 Å². The van der Waals surface area contributed by atoms with Crippen LogP contribution in [0.5, 0.6) is 11.5 Å². The van der Waals surface area contributed by atoms with Crippen molar-refractivity contribution in [3.05, 3.63) is 30.1 Å². The lowest BCUT2D eigenvalue weighted by Gasteiger charge is -2.19. The van der Waals surface area contributed by atoms with Crippen LogP contribution in [0.1, 0.15) is 18.0 Å². The zero-order chi connectivity index (χ0) is 15.5. The fourth-order valence-corrected chi connectivity index (χ4v) is 3.18. The molecule has 0 saturated carbocycles. The smallest absolute Gasteiger partial charge is 0.231 e. The highest BCUT2D eigenvalue weighted by molar-refractivity contribution is 7.98. The molecule has 0 unspecified atom stereocenters. The Morgan fingerprint density at radius 3 is 2.86 bits per heavy atom. The normalized spacial score (nSPS) is 14.3. The molecule has 118 valence electrons. The quantitative estimate of drug-likeness (QED) is 0.887. The molecule has 0 radical (unpaired) electrons. The Balaban J connectivity index is 1.98. The van der Waals surface area contributed by atoms with Crippen LogP contribution in [-0.4, -0.2) is 40.1 Å². The molecule has 1 aromatic heterocycles. The van der Waals surface area contributed by atoms with Crippen LogP contribution in [0.4, 0.5) is 0 Å². The predicted octanol–water partition coefficient (Wildman–Crippen LogP) is 2.87. The van der Waals surface area contributed by atoms with E-state index in [9.17, 15) is 5.11 Å². The third-order valence-electron chi connectivity index (χ3n) is 3.89. The topological polar surface area (TPSA) is 56.5 Å². The van der Waals surface area contributed by atoms with Crippen molar-refractivity contribution in [2.45, 2.75) is 19.4 Å². The Morgan fingerprint density at radius 1 is 1.36 bits per heavy atom. The molecule has 2 heterocycles. The van der Waals surface area contributed by atoms with E-state index in [4.69, 9.17) is 9.47 Å². The molecule has 0 amide bonds. The number of hydrogen-bond donors (Lipinski definition) is 1. The van der Waals surface area contributed by atoms with Gasteiger partial charge in [0.05, 0.1) is 12.6 Å². The van der Waals surface area contributed by atoms with E-state index in [0.717, 1.165) is 40.6 Å². The molecular weight excluding hydrogens is 300 g/mol. The lowest BCUT2D eigenvalue weighted by molar-refractivity contribution is 0.174. The highest BCUT2D eigenvalue weighted by Gasteiger charge is 2.20. The van der Waals surface area contributed by atoms with Gasteiger partial charge in [0.15, 0.2) is 11.5 Å². The number of benzene rings is 1. The van der Waals surface area contributed by atoms with Crippen molar-refractivity contribution in [1.82, 2.24) is 9.55 Å². The number of aryl methyl sites for hydroxylation is 1. The first kappa shape index (κ1) is 15.2. The van der Waals surface area contributed by atoms with E-state index in [0.29, 0.717) is 0 Å². The summed E-state index contributed by atoms with van der Waals surface area (Å²) in [5.41, 5.74) is 2.09. The molecule has 0 saturated heterocycles. The van der Waals surface area contributed by atoms with Crippen LogP contribution in [0, 0.1) is 6.92 Å². The number of ether oxygens (including phenoxy) is 2. The number of aliphatic hydroxyl groups excluding tert-OH is 1. The van der Waals surface area contributed by atoms with Gasteiger partial charge in [-0.2, -0.15) is 11.8 Å². The van der Waals surface area contributed by atoms with Gasteiger partial charge in [0.1, 0.15) is 5.82 Å². The molecule has 6 heteroatoms. The molecule has 0 spiro atoms. The number of aliphatic hydroxyl groups is 1. The summed E-state index contributed by atoms with van der Waals surface area (Å²) in [5.74, 6) is 3.39. The van der Waals surface area contributed by atoms with Gasteiger partial charge >= 0.3 is 0 Å². The second-order valence-corrected chi connectivity index (χ2v) is 6.28. The van der Waals surface area contributed by atoms with Gasteiger partial charge in [-0.05, 0) is 43.0 Å². The number of aromatic nitrogens is 2. The number of fused-ring (bicyclic) bond motifs is 1. The summed E-state index contributed by atoms with van der Waals surface area (Å²) in [6, 6.07) is 3.99. The highest BCUT2D eigenvalue weighted by Crippen LogP contribution is 2.38. The Kier molecular flexibility index (Phi) is 4.59. The summed E-state index contributed by atoms with van der Waals surface area (Å²) in [6.07, 6.45) is 6.69. The molecule has 3 rings (SSSR count). The van der Waals surface area contributed by atoms with Gasteiger partial charge in [0.25, 0.3) is 0 Å². The van der Waals surface area contributed by atoms with Crippen molar-refractivity contribution in [1.29, 1.82) is 0 Å². The van der Waals surface area contributed by atoms with Gasteiger partial charge in [-0.1, -0.05) is 0 Å². The van der Waals surface area contributed by atoms with E-state index in [1.54, 1.807) is 18.0 Å². The molecule has 0 fully saturated rings. The number of imidazole rings is 1. The summed E-state index contributed by atoms with van der Waals surface area (Å²) >= 11 is 1.78. The standard InChI is InChI=1S/C16H20N2O3S/c1-11-7-14-15(21-10-20-14)8-13(11)16-17-4-5-18(16)12(9-19)3-6-22-2/h4-5,7-8,12,19H,3,6,9-10H2,1-2H3/t12-/m0/s1. The summed E-state index contributed by atoms with van der Waals surface area (Å²) in [5, 5.41) is 9.72. The Hall–Kier alpha value is -1.66. The Morgan fingerprint density at radius 2 is 2.14 bits per heavy atom. The van der Waals surface area contributed by atoms with E-state index in [-0.39, 0.29) is 19.4 Å². The fraction of sp³-hybridized carbons (Fsp3) is 0.438. The van der Waals surface area contributed by atoms with Crippen molar-refractivity contribution < 1.29 is 14.6 Å². The summed E-state index contributed by atoms with van der Waals surface area (Å²) < 4.78 is 12.9. The molecule has 1 aliphatic heterocycles. The monoisotopic (exact) mass is 320 g/mol. The van der Waals surface area contributed by atoms with E-state index < -0.39 is 0 Å². The zero-order valence-electron chi connectivity index (χ0n) is 12.8. The minimum absolute atomic E-state index is 0.0368. The molecule has 1 aliphatic rings. The third kappa shape index (κ3) is 2.80. The SMILES string of the molecule is CSCC[C@@H](CO)n1ccnc1-c1cc2c(cc1C)OCO2. The predicted molar refractivity (Wildman–Crippen MR) is 87.6 cm³/mol. The Bertz CT molecular complexity index is 657. The number of rotatable bonds is 6. The van der Waals surface area contributed by atoms with E-state index >= 15 is 0 Å². The maximum Gasteiger partial charge on any atom is 0.231 e. The largest absolute Gasteiger partial charge is 0.454 e. The molecule has 5 nitrogen and oxygen atoms in total. The zero-order valence-corrected chi connectivity index (χ0v) is 13.6. The average molecular weight is 320 g/mol. The van der Waals surface area contributed by atoms with Crippen LogP contribution in [0.3, 0.4) is 0 Å². The average Bonchev–Trinajstić information content (AvgIpc) is 3.16. The van der Waals surface area contributed by atoms with Crippen LogP contribution in [0.25, 0.3) is 11.4 Å². The Labute approximate surface area is 134 Å². The third-order valence-corrected chi connectivity index (χ3v) is 4.53. The molecule has 22 heavy (non-hydrogen) atoms. The molecule has 2 aromatic rings. The van der Waals surface area contributed by atoms with Gasteiger partial charge in [0.2, 0.25) is 6.79 Å². The lowest BCUT2D eigenvalue weighted by atomic mass is 10.1. The van der Waals surface area contributed by atoms with Crippen LogP contribution in [0.15, 0.2) is 24.5 Å². The first-order chi connectivity index (χ1) is 10.7. The first-order valence-corrected chi connectivity index (χ1v) is 8.67. The van der Waals surface area contributed by atoms with E-state index in [1.807, 2.05) is 25.3 Å². The molecule has 1 N–H and O–H groups in total. The first-order valence-electron chi connectivity index (χ1n) is 7.28. The van der Waals surface area contributed by atoms with Gasteiger partial charge in [-0.3, -0.25) is 0 Å². The minimum Gasteiger partial charge on any atom is -0.454 e. The minimum atomic E-state index is 0.0368. The second kappa shape index (κ2) is 6.62. The van der Waals surface area contributed by atoms with Crippen LogP contribution < -0.4 is 9.47 Å². The number of nitrogens with zero attached hydrogens (tertiary/aromatic N) is 2. The fourth-order valence-electron chi connectivity index (χ4n) is 2.67. The van der Waals surface area contributed by atoms with Crippen molar-refractivity contribution in [3.63, 3.8) is 0 Å². The van der Waals surface area contributed by atoms with E-state index in [2.05, 4.69) is 15.8 Å². The molecule has 0 bridgehead atoms. The molecule has 1 atom stereocenters. The van der Waals surface area contributed by atoms with Crippen LogP contribution in [0.2, 0.25) is 0 Å². The van der Waals surface area contributed by atoms with Crippen molar-refractivity contribution in [2.24, 2.45) is 0 Å². The lowest BCUT2D eigenvalue weighted by Crippen LogP contribution is -2.15. The van der Waals surface area contributed by atoms with Crippen molar-refractivity contribution >= 4 is 11.8 Å². The van der Waals surface area contributed by atoms with Crippen molar-refractivity contribution in [2.75, 3.05) is 25.4 Å². The van der Waals surface area contributed by atoms with Gasteiger partial charge in [0, 0.05) is 18.0 Å². The maximum atomic E-state index is 9.72. The highest BCUT2D eigenvalue weighted by atomic mass is 32.2. The summed E-state index contributed by atoms with van der Waals surface area (Å²) in [7, 11) is 0. The van der Waals surface area contributed by atoms with Crippen LogP contribution >= 0.6 is 11.8 Å². The second-order valence-electron chi connectivity index (χ2n) is 5.30. The van der Waals surface area contributed by atoms with Crippen molar-refractivity contribution in [3.8, 4) is 22.9 Å². The summed E-state index contributed by atoms with van der Waals surface area (Å²) in [6.45, 7) is 2.40.